The average Bonchev–Trinajstić information content (AvgIpc) is 2.79. The normalized spacial score (nSPS) is 10.6. The quantitative estimate of drug-likeness (QED) is 0.729. The lowest BCUT2D eigenvalue weighted by atomic mass is 10.3. The molecule has 0 aliphatic rings. The van der Waals surface area contributed by atoms with E-state index in [1.165, 1.54) is 0 Å². The van der Waals surface area contributed by atoms with Gasteiger partial charge in [-0.15, -0.1) is 5.10 Å². The Hall–Kier alpha value is -2.43. The molecule has 0 bridgehead atoms. The van der Waals surface area contributed by atoms with Crippen LogP contribution in [0, 0.1) is 6.92 Å². The zero-order valence-electron chi connectivity index (χ0n) is 9.21. The third-order valence-electron chi connectivity index (χ3n) is 2.39. The molecular formula is C12H10N4O. The van der Waals surface area contributed by atoms with Gasteiger partial charge >= 0.3 is 0 Å². The summed E-state index contributed by atoms with van der Waals surface area (Å²) in [6.07, 6.45) is 1.65. The maximum Gasteiger partial charge on any atom is 0.238 e. The van der Waals surface area contributed by atoms with Crippen molar-refractivity contribution in [2.45, 2.75) is 6.92 Å². The number of aryl methyl sites for hydroxylation is 1. The summed E-state index contributed by atoms with van der Waals surface area (Å²) in [5.74, 6) is 1.17. The smallest absolute Gasteiger partial charge is 0.238 e. The molecule has 3 rings (SSSR count). The van der Waals surface area contributed by atoms with Gasteiger partial charge in [-0.25, -0.2) is 4.98 Å². The van der Waals surface area contributed by atoms with E-state index in [4.69, 9.17) is 4.74 Å². The van der Waals surface area contributed by atoms with Gasteiger partial charge in [0.15, 0.2) is 0 Å². The fourth-order valence-electron chi connectivity index (χ4n) is 1.54. The summed E-state index contributed by atoms with van der Waals surface area (Å²) in [4.78, 5) is 7.19. The Morgan fingerprint density at radius 3 is 2.88 bits per heavy atom. The molecule has 0 spiro atoms. The van der Waals surface area contributed by atoms with Crippen LogP contribution in [0.25, 0.3) is 11.0 Å². The van der Waals surface area contributed by atoms with Gasteiger partial charge in [-0.3, -0.25) is 0 Å². The largest absolute Gasteiger partial charge is 0.437 e. The number of aromatic nitrogens is 4. The monoisotopic (exact) mass is 226 g/mol. The third-order valence-corrected chi connectivity index (χ3v) is 2.39. The molecule has 0 unspecified atom stereocenters. The van der Waals surface area contributed by atoms with E-state index in [0.29, 0.717) is 11.6 Å². The summed E-state index contributed by atoms with van der Waals surface area (Å²) in [5.41, 5.74) is 2.70. The van der Waals surface area contributed by atoms with E-state index >= 15 is 0 Å². The Kier molecular flexibility index (Phi) is 2.22. The van der Waals surface area contributed by atoms with Crippen LogP contribution in [0.4, 0.5) is 0 Å². The second-order valence-electron chi connectivity index (χ2n) is 3.70. The van der Waals surface area contributed by atoms with Gasteiger partial charge in [0.05, 0.1) is 23.1 Å². The molecule has 17 heavy (non-hydrogen) atoms. The number of rotatable bonds is 2. The van der Waals surface area contributed by atoms with E-state index in [0.717, 1.165) is 16.7 Å². The van der Waals surface area contributed by atoms with E-state index in [9.17, 15) is 0 Å². The molecule has 0 aliphatic heterocycles. The number of nitrogens with one attached hydrogen (secondary N) is 1. The average molecular weight is 226 g/mol. The molecule has 2 heterocycles. The Balaban J connectivity index is 1.91. The van der Waals surface area contributed by atoms with Crippen LogP contribution in [0.1, 0.15) is 5.69 Å². The minimum absolute atomic E-state index is 0.477. The Labute approximate surface area is 97.5 Å². The standard InChI is InChI=1S/C12H10N4O/c1-8-2-5-12(16-15-8)17-9-3-4-10-11(6-9)14-7-13-10/h2-7H,1H3,(H,13,14). The second kappa shape index (κ2) is 3.86. The second-order valence-corrected chi connectivity index (χ2v) is 3.70. The van der Waals surface area contributed by atoms with Crippen LogP contribution in [-0.4, -0.2) is 20.2 Å². The van der Waals surface area contributed by atoms with Gasteiger partial charge < -0.3 is 9.72 Å². The molecule has 1 aromatic carbocycles. The number of ether oxygens (including phenoxy) is 1. The SMILES string of the molecule is Cc1ccc(Oc2ccc3[nH]cnc3c2)nn1. The molecule has 0 fully saturated rings. The van der Waals surface area contributed by atoms with Crippen molar-refractivity contribution in [1.29, 1.82) is 0 Å². The number of benzene rings is 1. The number of nitrogens with zero attached hydrogens (tertiary/aromatic N) is 3. The fourth-order valence-corrected chi connectivity index (χ4v) is 1.54. The van der Waals surface area contributed by atoms with Gasteiger partial charge in [0.2, 0.25) is 5.88 Å². The number of fused-ring (bicyclic) bond motifs is 1. The van der Waals surface area contributed by atoms with E-state index in [-0.39, 0.29) is 0 Å². The molecule has 1 N–H and O–H groups in total. The zero-order valence-corrected chi connectivity index (χ0v) is 9.21. The van der Waals surface area contributed by atoms with E-state index < -0.39 is 0 Å². The van der Waals surface area contributed by atoms with E-state index in [2.05, 4.69) is 20.2 Å². The van der Waals surface area contributed by atoms with Crippen LogP contribution < -0.4 is 4.74 Å². The summed E-state index contributed by atoms with van der Waals surface area (Å²) in [7, 11) is 0. The molecule has 0 saturated heterocycles. The highest BCUT2D eigenvalue weighted by atomic mass is 16.5. The maximum atomic E-state index is 5.58. The summed E-state index contributed by atoms with van der Waals surface area (Å²) in [5, 5.41) is 7.87. The number of H-pyrrole nitrogens is 1. The lowest BCUT2D eigenvalue weighted by molar-refractivity contribution is 0.455. The van der Waals surface area contributed by atoms with Gasteiger partial charge in [0.1, 0.15) is 5.75 Å². The molecule has 5 heteroatoms. The first-order chi connectivity index (χ1) is 8.31. The van der Waals surface area contributed by atoms with Crippen molar-refractivity contribution in [1.82, 2.24) is 20.2 Å². The maximum absolute atomic E-state index is 5.58. The molecule has 0 atom stereocenters. The fraction of sp³-hybridized carbons (Fsp3) is 0.0833. The van der Waals surface area contributed by atoms with E-state index in [1.54, 1.807) is 12.4 Å². The predicted molar refractivity (Wildman–Crippen MR) is 62.9 cm³/mol. The van der Waals surface area contributed by atoms with Crippen molar-refractivity contribution in [3.63, 3.8) is 0 Å². The first kappa shape index (κ1) is 9.77. The van der Waals surface area contributed by atoms with Gasteiger partial charge in [0.25, 0.3) is 0 Å². The third kappa shape index (κ3) is 1.94. The van der Waals surface area contributed by atoms with Crippen LogP contribution in [0.3, 0.4) is 0 Å². The van der Waals surface area contributed by atoms with Crippen LogP contribution in [0.2, 0.25) is 0 Å². The Bertz CT molecular complexity index is 645. The van der Waals surface area contributed by atoms with Crippen LogP contribution in [0.15, 0.2) is 36.7 Å². The molecular weight excluding hydrogens is 216 g/mol. The molecule has 3 aromatic rings. The van der Waals surface area contributed by atoms with Crippen LogP contribution in [-0.2, 0) is 0 Å². The minimum Gasteiger partial charge on any atom is -0.437 e. The molecule has 0 radical (unpaired) electrons. The lowest BCUT2D eigenvalue weighted by Gasteiger charge is -2.03. The number of hydrogen-bond donors (Lipinski definition) is 1. The topological polar surface area (TPSA) is 63.7 Å². The molecule has 0 aliphatic carbocycles. The van der Waals surface area contributed by atoms with Crippen molar-refractivity contribution in [2.24, 2.45) is 0 Å². The highest BCUT2D eigenvalue weighted by Gasteiger charge is 2.02. The summed E-state index contributed by atoms with van der Waals surface area (Å²) in [6.45, 7) is 1.88. The molecule has 0 amide bonds. The zero-order chi connectivity index (χ0) is 11.7. The lowest BCUT2D eigenvalue weighted by Crippen LogP contribution is -1.91. The van der Waals surface area contributed by atoms with Crippen molar-refractivity contribution < 1.29 is 4.74 Å². The number of imidazole rings is 1. The predicted octanol–water partition coefficient (Wildman–Crippen LogP) is 2.45. The first-order valence-corrected chi connectivity index (χ1v) is 5.22. The summed E-state index contributed by atoms with van der Waals surface area (Å²) in [6, 6.07) is 9.28. The van der Waals surface area contributed by atoms with Crippen LogP contribution >= 0.6 is 0 Å². The van der Waals surface area contributed by atoms with Crippen molar-refractivity contribution in [2.75, 3.05) is 0 Å². The molecule has 2 aromatic heterocycles. The van der Waals surface area contributed by atoms with Crippen molar-refractivity contribution >= 4 is 11.0 Å². The Morgan fingerprint density at radius 2 is 2.06 bits per heavy atom. The molecule has 5 nitrogen and oxygen atoms in total. The number of aromatic amines is 1. The highest BCUT2D eigenvalue weighted by Crippen LogP contribution is 2.22. The van der Waals surface area contributed by atoms with Gasteiger partial charge in [-0.05, 0) is 25.1 Å². The first-order valence-electron chi connectivity index (χ1n) is 5.22. The highest BCUT2D eigenvalue weighted by molar-refractivity contribution is 5.76. The molecule has 0 saturated carbocycles. The van der Waals surface area contributed by atoms with E-state index in [1.807, 2.05) is 31.2 Å². The summed E-state index contributed by atoms with van der Waals surface area (Å²) < 4.78 is 5.58. The Morgan fingerprint density at radius 1 is 1.12 bits per heavy atom. The van der Waals surface area contributed by atoms with Crippen LogP contribution in [0.5, 0.6) is 11.6 Å². The van der Waals surface area contributed by atoms with Crippen molar-refractivity contribution in [3.05, 3.63) is 42.4 Å². The molecule has 84 valence electrons. The van der Waals surface area contributed by atoms with Crippen molar-refractivity contribution in [3.8, 4) is 11.6 Å². The van der Waals surface area contributed by atoms with Gasteiger partial charge in [-0.2, -0.15) is 5.10 Å². The van der Waals surface area contributed by atoms with Gasteiger partial charge in [0, 0.05) is 12.1 Å². The minimum atomic E-state index is 0.477. The van der Waals surface area contributed by atoms with Gasteiger partial charge in [-0.1, -0.05) is 0 Å². The summed E-state index contributed by atoms with van der Waals surface area (Å²) >= 11 is 0. The number of hydrogen-bond acceptors (Lipinski definition) is 4.